The number of carbonyl (C=O) groups is 1. The number of halogens is 1. The second-order valence-electron chi connectivity index (χ2n) is 5.78. The van der Waals surface area contributed by atoms with Crippen LogP contribution in [0.2, 0.25) is 0 Å². The van der Waals surface area contributed by atoms with Crippen LogP contribution in [0, 0.1) is 6.92 Å². The number of nitrogens with one attached hydrogen (secondary N) is 1. The molecule has 1 amide bonds. The molecular formula is C14H23ClN4O2. The number of likely N-dealkylation sites (tertiary alicyclic amines) is 1. The van der Waals surface area contributed by atoms with E-state index < -0.39 is 0 Å². The first-order chi connectivity index (χ1) is 9.74. The van der Waals surface area contributed by atoms with Gasteiger partial charge in [-0.3, -0.25) is 4.79 Å². The van der Waals surface area contributed by atoms with Crippen LogP contribution in [0.25, 0.3) is 0 Å². The molecule has 3 heterocycles. The highest BCUT2D eigenvalue weighted by Gasteiger charge is 2.31. The van der Waals surface area contributed by atoms with E-state index in [4.69, 9.17) is 4.52 Å². The second kappa shape index (κ2) is 7.22. The van der Waals surface area contributed by atoms with Gasteiger partial charge in [0.2, 0.25) is 11.8 Å². The summed E-state index contributed by atoms with van der Waals surface area (Å²) in [5, 5.41) is 7.17. The van der Waals surface area contributed by atoms with Gasteiger partial charge in [-0.05, 0) is 39.2 Å². The molecule has 1 N–H and O–H groups in total. The van der Waals surface area contributed by atoms with Gasteiger partial charge in [0.25, 0.3) is 0 Å². The van der Waals surface area contributed by atoms with Gasteiger partial charge in [0.1, 0.15) is 0 Å². The summed E-state index contributed by atoms with van der Waals surface area (Å²) in [5.41, 5.74) is 0. The van der Waals surface area contributed by atoms with Gasteiger partial charge >= 0.3 is 0 Å². The quantitative estimate of drug-likeness (QED) is 0.898. The molecule has 0 aromatic carbocycles. The zero-order valence-electron chi connectivity index (χ0n) is 12.4. The Morgan fingerprint density at radius 2 is 2.05 bits per heavy atom. The van der Waals surface area contributed by atoms with E-state index in [0.717, 1.165) is 51.2 Å². The molecule has 0 saturated carbocycles. The van der Waals surface area contributed by atoms with Crippen LogP contribution < -0.4 is 5.32 Å². The fraction of sp³-hybridized carbons (Fsp3) is 0.786. The standard InChI is InChI=1S/C14H22N4O2.ClH/c1-10-16-13(20-17-10)11-5-8-18(9-6-11)14(19)12-4-2-3-7-15-12;/h11-12,15H,2-9H2,1H3;1H. The Labute approximate surface area is 131 Å². The van der Waals surface area contributed by atoms with Gasteiger partial charge < -0.3 is 14.7 Å². The summed E-state index contributed by atoms with van der Waals surface area (Å²) in [6, 6.07) is 0.0333. The van der Waals surface area contributed by atoms with Crippen molar-refractivity contribution < 1.29 is 9.32 Å². The first-order valence-corrected chi connectivity index (χ1v) is 7.56. The molecule has 6 nitrogen and oxygen atoms in total. The van der Waals surface area contributed by atoms with Crippen molar-refractivity contribution in [3.05, 3.63) is 11.7 Å². The molecule has 2 aliphatic heterocycles. The number of rotatable bonds is 2. The van der Waals surface area contributed by atoms with Crippen molar-refractivity contribution in [1.29, 1.82) is 0 Å². The lowest BCUT2D eigenvalue weighted by molar-refractivity contribution is -0.135. The number of nitrogens with zero attached hydrogens (tertiary/aromatic N) is 3. The minimum atomic E-state index is 0. The van der Waals surface area contributed by atoms with E-state index in [1.165, 1.54) is 6.42 Å². The monoisotopic (exact) mass is 314 g/mol. The van der Waals surface area contributed by atoms with Crippen LogP contribution in [-0.4, -0.2) is 46.6 Å². The second-order valence-corrected chi connectivity index (χ2v) is 5.78. The van der Waals surface area contributed by atoms with Gasteiger partial charge in [0.15, 0.2) is 5.82 Å². The van der Waals surface area contributed by atoms with E-state index >= 15 is 0 Å². The number of aryl methyl sites for hydroxylation is 1. The summed E-state index contributed by atoms with van der Waals surface area (Å²) < 4.78 is 5.24. The molecule has 0 spiro atoms. The van der Waals surface area contributed by atoms with E-state index in [-0.39, 0.29) is 24.4 Å². The number of hydrogen-bond acceptors (Lipinski definition) is 5. The molecule has 0 radical (unpaired) electrons. The summed E-state index contributed by atoms with van der Waals surface area (Å²) in [6.07, 6.45) is 5.14. The van der Waals surface area contributed by atoms with Gasteiger partial charge in [-0.1, -0.05) is 11.6 Å². The number of carbonyl (C=O) groups excluding carboxylic acids is 1. The molecular weight excluding hydrogens is 292 g/mol. The van der Waals surface area contributed by atoms with Crippen molar-refractivity contribution in [2.45, 2.75) is 51.0 Å². The van der Waals surface area contributed by atoms with Gasteiger partial charge in [-0.15, -0.1) is 12.4 Å². The smallest absolute Gasteiger partial charge is 0.239 e. The molecule has 1 aromatic heterocycles. The largest absolute Gasteiger partial charge is 0.341 e. The van der Waals surface area contributed by atoms with E-state index in [1.54, 1.807) is 0 Å². The first-order valence-electron chi connectivity index (χ1n) is 7.56. The van der Waals surface area contributed by atoms with Crippen LogP contribution in [0.5, 0.6) is 0 Å². The molecule has 2 aliphatic rings. The fourth-order valence-corrected chi connectivity index (χ4v) is 3.11. The van der Waals surface area contributed by atoms with Crippen molar-refractivity contribution in [2.75, 3.05) is 19.6 Å². The highest BCUT2D eigenvalue weighted by molar-refractivity contribution is 5.85. The normalized spacial score (nSPS) is 23.7. The minimum absolute atomic E-state index is 0. The average molecular weight is 315 g/mol. The van der Waals surface area contributed by atoms with E-state index in [2.05, 4.69) is 15.5 Å². The third-order valence-electron chi connectivity index (χ3n) is 4.31. The fourth-order valence-electron chi connectivity index (χ4n) is 3.11. The van der Waals surface area contributed by atoms with Gasteiger partial charge in [0.05, 0.1) is 6.04 Å². The van der Waals surface area contributed by atoms with Gasteiger partial charge in [0, 0.05) is 19.0 Å². The van der Waals surface area contributed by atoms with Crippen LogP contribution >= 0.6 is 12.4 Å². The highest BCUT2D eigenvalue weighted by Crippen LogP contribution is 2.27. The zero-order valence-corrected chi connectivity index (χ0v) is 13.2. The van der Waals surface area contributed by atoms with Crippen molar-refractivity contribution in [2.24, 2.45) is 0 Å². The molecule has 7 heteroatoms. The lowest BCUT2D eigenvalue weighted by Gasteiger charge is -2.34. The topological polar surface area (TPSA) is 71.3 Å². The maximum absolute atomic E-state index is 12.4. The molecule has 118 valence electrons. The first kappa shape index (κ1) is 16.2. The maximum atomic E-state index is 12.4. The zero-order chi connectivity index (χ0) is 13.9. The minimum Gasteiger partial charge on any atom is -0.341 e. The molecule has 3 rings (SSSR count). The third-order valence-corrected chi connectivity index (χ3v) is 4.31. The number of aromatic nitrogens is 2. The molecule has 1 unspecified atom stereocenters. The molecule has 2 fully saturated rings. The average Bonchev–Trinajstić information content (AvgIpc) is 2.94. The summed E-state index contributed by atoms with van der Waals surface area (Å²) in [4.78, 5) is 18.7. The van der Waals surface area contributed by atoms with Gasteiger partial charge in [-0.25, -0.2) is 0 Å². The Hall–Kier alpha value is -1.14. The number of hydrogen-bond donors (Lipinski definition) is 1. The third kappa shape index (κ3) is 3.74. The molecule has 21 heavy (non-hydrogen) atoms. The highest BCUT2D eigenvalue weighted by atomic mass is 35.5. The summed E-state index contributed by atoms with van der Waals surface area (Å²) in [7, 11) is 0. The number of amides is 1. The Balaban J connectivity index is 0.00000161. The van der Waals surface area contributed by atoms with Crippen molar-refractivity contribution in [3.63, 3.8) is 0 Å². The van der Waals surface area contributed by atoms with E-state index in [1.807, 2.05) is 11.8 Å². The number of piperidine rings is 2. The van der Waals surface area contributed by atoms with Crippen LogP contribution in [-0.2, 0) is 4.79 Å². The van der Waals surface area contributed by atoms with Crippen LogP contribution in [0.1, 0.15) is 49.7 Å². The van der Waals surface area contributed by atoms with Crippen LogP contribution in [0.4, 0.5) is 0 Å². The van der Waals surface area contributed by atoms with Crippen LogP contribution in [0.3, 0.4) is 0 Å². The summed E-state index contributed by atoms with van der Waals surface area (Å²) in [6.45, 7) is 4.39. The lowest BCUT2D eigenvalue weighted by Crippen LogP contribution is -2.50. The molecule has 1 atom stereocenters. The predicted molar refractivity (Wildman–Crippen MR) is 80.5 cm³/mol. The maximum Gasteiger partial charge on any atom is 0.239 e. The van der Waals surface area contributed by atoms with E-state index in [0.29, 0.717) is 11.7 Å². The van der Waals surface area contributed by atoms with Crippen molar-refractivity contribution >= 4 is 18.3 Å². The Morgan fingerprint density at radius 3 is 2.62 bits per heavy atom. The Morgan fingerprint density at radius 1 is 1.29 bits per heavy atom. The SMILES string of the molecule is Cc1noc(C2CCN(C(=O)C3CCCCN3)CC2)n1.Cl. The molecule has 0 aliphatic carbocycles. The molecule has 0 bridgehead atoms. The lowest BCUT2D eigenvalue weighted by atomic mass is 9.95. The summed E-state index contributed by atoms with van der Waals surface area (Å²) >= 11 is 0. The van der Waals surface area contributed by atoms with Gasteiger partial charge in [-0.2, -0.15) is 4.98 Å². The van der Waals surface area contributed by atoms with Crippen molar-refractivity contribution in [1.82, 2.24) is 20.4 Å². The predicted octanol–water partition coefficient (Wildman–Crippen LogP) is 1.65. The molecule has 2 saturated heterocycles. The van der Waals surface area contributed by atoms with Crippen LogP contribution in [0.15, 0.2) is 4.52 Å². The Bertz CT molecular complexity index is 465. The molecule has 1 aromatic rings. The van der Waals surface area contributed by atoms with E-state index in [9.17, 15) is 4.79 Å². The van der Waals surface area contributed by atoms with Crippen molar-refractivity contribution in [3.8, 4) is 0 Å². The Kier molecular flexibility index (Phi) is 5.58. The summed E-state index contributed by atoms with van der Waals surface area (Å²) in [5.74, 6) is 1.99.